The highest BCUT2D eigenvalue weighted by Gasteiger charge is 2.13. The van der Waals surface area contributed by atoms with Gasteiger partial charge >= 0.3 is 0 Å². The quantitative estimate of drug-likeness (QED) is 0.678. The third kappa shape index (κ3) is 1.15. The van der Waals surface area contributed by atoms with Gasteiger partial charge in [-0.1, -0.05) is 12.2 Å². The fraction of sp³-hybridized carbons (Fsp3) is 0. The number of rotatable bonds is 0. The smallest absolute Gasteiger partial charge is 0.108 e. The second-order valence-corrected chi connectivity index (χ2v) is 4.62. The van der Waals surface area contributed by atoms with Crippen LogP contribution in [0, 0.1) is 0 Å². The van der Waals surface area contributed by atoms with Crippen LogP contribution in [0.2, 0.25) is 0 Å². The van der Waals surface area contributed by atoms with E-state index in [2.05, 4.69) is 22.1 Å². The summed E-state index contributed by atoms with van der Waals surface area (Å²) in [6, 6.07) is 0. The summed E-state index contributed by atoms with van der Waals surface area (Å²) in [6.45, 7) is 0. The van der Waals surface area contributed by atoms with E-state index in [-0.39, 0.29) is 0 Å². The molecule has 68 valence electrons. The molecule has 0 saturated heterocycles. The van der Waals surface area contributed by atoms with Gasteiger partial charge in [-0.2, -0.15) is 0 Å². The molecule has 2 aromatic heterocycles. The molecule has 0 fully saturated rings. The van der Waals surface area contributed by atoms with E-state index in [0.717, 1.165) is 11.4 Å². The van der Waals surface area contributed by atoms with E-state index in [1.165, 1.54) is 9.75 Å². The molecule has 1 aliphatic rings. The fourth-order valence-electron chi connectivity index (χ4n) is 1.39. The van der Waals surface area contributed by atoms with E-state index in [1.54, 1.807) is 22.7 Å². The molecular weight excluding hydrogens is 212 g/mol. The van der Waals surface area contributed by atoms with Crippen LogP contribution < -0.4 is 0 Å². The van der Waals surface area contributed by atoms with Crippen LogP contribution in [0.25, 0.3) is 23.5 Å². The molecule has 0 bridgehead atoms. The SMILES string of the molecule is C1=C\c2scnc2-c2ncsc2\C=C/1. The first-order valence-electron chi connectivity index (χ1n) is 4.17. The van der Waals surface area contributed by atoms with E-state index >= 15 is 0 Å². The molecule has 0 unspecified atom stereocenters. The maximum Gasteiger partial charge on any atom is 0.108 e. The van der Waals surface area contributed by atoms with Crippen molar-refractivity contribution in [3.05, 3.63) is 32.9 Å². The molecule has 14 heavy (non-hydrogen) atoms. The van der Waals surface area contributed by atoms with Crippen LogP contribution in [0.3, 0.4) is 0 Å². The highest BCUT2D eigenvalue weighted by Crippen LogP contribution is 2.32. The van der Waals surface area contributed by atoms with Crippen LogP contribution in [0.1, 0.15) is 9.75 Å². The molecule has 2 heterocycles. The van der Waals surface area contributed by atoms with Crippen molar-refractivity contribution in [1.29, 1.82) is 0 Å². The Labute approximate surface area is 89.3 Å². The standard InChI is InChI=1S/C10H6N2S2/c1-2-4-8-10(12-6-14-8)9-7(3-1)13-5-11-9/h1-6H/b2-1?,3-1-,4-2-,7-3?,8-4?,10-9?. The summed E-state index contributed by atoms with van der Waals surface area (Å²) in [7, 11) is 0. The first-order valence-corrected chi connectivity index (χ1v) is 5.93. The molecule has 4 heteroatoms. The molecule has 0 aromatic carbocycles. The first kappa shape index (κ1) is 8.08. The van der Waals surface area contributed by atoms with Gasteiger partial charge in [0.1, 0.15) is 11.4 Å². The van der Waals surface area contributed by atoms with Crippen LogP contribution in [-0.2, 0) is 0 Å². The number of thiazole rings is 2. The summed E-state index contributed by atoms with van der Waals surface area (Å²) < 4.78 is 0. The lowest BCUT2D eigenvalue weighted by Gasteiger charge is -1.98. The molecule has 0 amide bonds. The third-order valence-corrected chi connectivity index (χ3v) is 3.61. The van der Waals surface area contributed by atoms with E-state index in [1.807, 2.05) is 23.2 Å². The van der Waals surface area contributed by atoms with Crippen LogP contribution in [-0.4, -0.2) is 9.97 Å². The molecule has 0 N–H and O–H groups in total. The summed E-state index contributed by atoms with van der Waals surface area (Å²) in [5.74, 6) is 0. The molecule has 0 saturated carbocycles. The highest BCUT2D eigenvalue weighted by atomic mass is 32.1. The van der Waals surface area contributed by atoms with Gasteiger partial charge in [-0.3, -0.25) is 0 Å². The van der Waals surface area contributed by atoms with E-state index < -0.39 is 0 Å². The van der Waals surface area contributed by atoms with E-state index in [4.69, 9.17) is 0 Å². The molecule has 0 aliphatic heterocycles. The van der Waals surface area contributed by atoms with Gasteiger partial charge < -0.3 is 0 Å². The number of fused-ring (bicyclic) bond motifs is 3. The maximum absolute atomic E-state index is 4.35. The fourth-order valence-corrected chi connectivity index (χ4v) is 2.77. The molecular formula is C10H6N2S2. The lowest BCUT2D eigenvalue weighted by molar-refractivity contribution is 1.32. The maximum atomic E-state index is 4.35. The van der Waals surface area contributed by atoms with Crippen molar-refractivity contribution in [2.24, 2.45) is 0 Å². The van der Waals surface area contributed by atoms with Gasteiger partial charge in [0.05, 0.1) is 20.8 Å². The first-order chi connectivity index (χ1) is 6.95. The summed E-state index contributed by atoms with van der Waals surface area (Å²) in [5, 5.41) is 0. The van der Waals surface area contributed by atoms with Crippen molar-refractivity contribution >= 4 is 34.8 Å². The minimum atomic E-state index is 1.01. The summed E-state index contributed by atoms with van der Waals surface area (Å²) in [5.41, 5.74) is 5.74. The zero-order valence-corrected chi connectivity index (χ0v) is 8.81. The Bertz CT molecular complexity index is 471. The van der Waals surface area contributed by atoms with Crippen molar-refractivity contribution in [3.8, 4) is 11.4 Å². The van der Waals surface area contributed by atoms with Crippen molar-refractivity contribution in [1.82, 2.24) is 9.97 Å². The summed E-state index contributed by atoms with van der Waals surface area (Å²) in [4.78, 5) is 11.1. The molecule has 2 aromatic rings. The number of hydrogen-bond donors (Lipinski definition) is 0. The monoisotopic (exact) mass is 218 g/mol. The highest BCUT2D eigenvalue weighted by molar-refractivity contribution is 7.12. The molecule has 3 rings (SSSR count). The zero-order chi connectivity index (χ0) is 9.38. The minimum absolute atomic E-state index is 1.01. The molecule has 0 radical (unpaired) electrons. The van der Waals surface area contributed by atoms with Crippen molar-refractivity contribution in [3.63, 3.8) is 0 Å². The average molecular weight is 218 g/mol. The summed E-state index contributed by atoms with van der Waals surface area (Å²) in [6.07, 6.45) is 8.23. The second-order valence-electron chi connectivity index (χ2n) is 2.85. The predicted octanol–water partition coefficient (Wildman–Crippen LogP) is 3.31. The molecule has 0 spiro atoms. The van der Waals surface area contributed by atoms with Gasteiger partial charge in [-0.05, 0) is 12.2 Å². The van der Waals surface area contributed by atoms with Crippen LogP contribution >= 0.6 is 22.7 Å². The van der Waals surface area contributed by atoms with Crippen LogP contribution in [0.15, 0.2) is 23.2 Å². The van der Waals surface area contributed by atoms with Gasteiger partial charge in [-0.25, -0.2) is 9.97 Å². The molecule has 1 aliphatic carbocycles. The van der Waals surface area contributed by atoms with Gasteiger partial charge in [-0.15, -0.1) is 22.7 Å². The normalized spacial score (nSPS) is 17.7. The third-order valence-electron chi connectivity index (χ3n) is 2.02. The second kappa shape index (κ2) is 3.15. The molecule has 0 atom stereocenters. The van der Waals surface area contributed by atoms with E-state index in [9.17, 15) is 0 Å². The Morgan fingerprint density at radius 3 is 1.79 bits per heavy atom. The van der Waals surface area contributed by atoms with Gasteiger partial charge in [0.25, 0.3) is 0 Å². The van der Waals surface area contributed by atoms with E-state index in [0.29, 0.717) is 0 Å². The van der Waals surface area contributed by atoms with Crippen molar-refractivity contribution in [2.75, 3.05) is 0 Å². The minimum Gasteiger partial charge on any atom is -0.242 e. The summed E-state index contributed by atoms with van der Waals surface area (Å²) >= 11 is 3.30. The Hall–Kier alpha value is -1.26. The lowest BCUT2D eigenvalue weighted by Crippen LogP contribution is -1.83. The zero-order valence-electron chi connectivity index (χ0n) is 7.18. The Balaban J connectivity index is 2.33. The van der Waals surface area contributed by atoms with Crippen LogP contribution in [0.4, 0.5) is 0 Å². The lowest BCUT2D eigenvalue weighted by atomic mass is 10.2. The number of allylic oxidation sites excluding steroid dienone is 2. The van der Waals surface area contributed by atoms with Gasteiger partial charge in [0.2, 0.25) is 0 Å². The van der Waals surface area contributed by atoms with Crippen molar-refractivity contribution < 1.29 is 0 Å². The molecule has 2 nitrogen and oxygen atoms in total. The number of nitrogens with zero attached hydrogens (tertiary/aromatic N) is 2. The Kier molecular flexibility index (Phi) is 1.82. The van der Waals surface area contributed by atoms with Crippen LogP contribution in [0.5, 0.6) is 0 Å². The topological polar surface area (TPSA) is 25.8 Å². The Morgan fingerprint density at radius 1 is 0.786 bits per heavy atom. The average Bonchev–Trinajstić information content (AvgIpc) is 2.75. The van der Waals surface area contributed by atoms with Crippen molar-refractivity contribution in [2.45, 2.75) is 0 Å². The largest absolute Gasteiger partial charge is 0.242 e. The number of aromatic nitrogens is 2. The predicted molar refractivity (Wildman–Crippen MR) is 61.3 cm³/mol. The van der Waals surface area contributed by atoms with Gasteiger partial charge in [0, 0.05) is 0 Å². The van der Waals surface area contributed by atoms with Gasteiger partial charge in [0.15, 0.2) is 0 Å². The Morgan fingerprint density at radius 2 is 1.29 bits per heavy atom. The number of hydrogen-bond acceptors (Lipinski definition) is 4.